The van der Waals surface area contributed by atoms with Gasteiger partial charge in [0.05, 0.1) is 0 Å². The Bertz CT molecular complexity index is 427. The Labute approximate surface area is 108 Å². The van der Waals surface area contributed by atoms with Gasteiger partial charge in [-0.2, -0.15) is 0 Å². The second-order valence-corrected chi connectivity index (χ2v) is 5.04. The van der Waals surface area contributed by atoms with Crippen LogP contribution in [0.3, 0.4) is 0 Å². The number of nitrogens with zero attached hydrogens (tertiary/aromatic N) is 1. The molecule has 2 radical (unpaired) electrons. The lowest BCUT2D eigenvalue weighted by Crippen LogP contribution is -2.37. The normalized spacial score (nSPS) is 17.2. The van der Waals surface area contributed by atoms with Gasteiger partial charge in [0.25, 0.3) is 0 Å². The predicted molar refractivity (Wildman–Crippen MR) is 70.9 cm³/mol. The zero-order valence-electron chi connectivity index (χ0n) is 9.95. The Kier molecular flexibility index (Phi) is 3.77. The first-order chi connectivity index (χ1) is 8.08. The van der Waals surface area contributed by atoms with Gasteiger partial charge in [0.15, 0.2) is 5.81 Å². The van der Waals surface area contributed by atoms with Crippen LogP contribution >= 0.6 is 11.6 Å². The van der Waals surface area contributed by atoms with Crippen molar-refractivity contribution in [3.63, 3.8) is 0 Å². The van der Waals surface area contributed by atoms with E-state index in [1.807, 2.05) is 12.1 Å². The maximum Gasteiger partial charge on any atom is 0.200 e. The SMILES string of the molecule is [B]C(=O)N1CCC(c2cc(Cl)ccc2C)CC1. The van der Waals surface area contributed by atoms with Gasteiger partial charge in [-0.15, -0.1) is 0 Å². The van der Waals surface area contributed by atoms with E-state index in [1.54, 1.807) is 4.90 Å². The first-order valence-electron chi connectivity index (χ1n) is 5.88. The second-order valence-electron chi connectivity index (χ2n) is 4.60. The van der Waals surface area contributed by atoms with Crippen LogP contribution in [0, 0.1) is 6.92 Å². The zero-order chi connectivity index (χ0) is 12.4. The van der Waals surface area contributed by atoms with Crippen LogP contribution in [0.15, 0.2) is 18.2 Å². The lowest BCUT2D eigenvalue weighted by atomic mass is 9.86. The summed E-state index contributed by atoms with van der Waals surface area (Å²) in [5, 5.41) is 0.780. The summed E-state index contributed by atoms with van der Waals surface area (Å²) >= 11 is 6.03. The lowest BCUT2D eigenvalue weighted by molar-refractivity contribution is 0.204. The van der Waals surface area contributed by atoms with Gasteiger partial charge in [-0.1, -0.05) is 17.7 Å². The highest BCUT2D eigenvalue weighted by Crippen LogP contribution is 2.31. The highest BCUT2D eigenvalue weighted by Gasteiger charge is 2.22. The van der Waals surface area contributed by atoms with E-state index in [9.17, 15) is 4.79 Å². The van der Waals surface area contributed by atoms with E-state index in [0.717, 1.165) is 31.0 Å². The minimum atomic E-state index is -0.314. The molecule has 1 fully saturated rings. The van der Waals surface area contributed by atoms with Crippen LogP contribution in [0.4, 0.5) is 4.79 Å². The third kappa shape index (κ3) is 2.84. The van der Waals surface area contributed by atoms with Crippen LogP contribution in [0.25, 0.3) is 0 Å². The summed E-state index contributed by atoms with van der Waals surface area (Å²) in [4.78, 5) is 12.8. The molecule has 0 atom stereocenters. The van der Waals surface area contributed by atoms with Crippen LogP contribution in [0.5, 0.6) is 0 Å². The summed E-state index contributed by atoms with van der Waals surface area (Å²) in [7, 11) is 5.27. The third-order valence-corrected chi connectivity index (χ3v) is 3.72. The monoisotopic (exact) mass is 247 g/mol. The average molecular weight is 248 g/mol. The first-order valence-corrected chi connectivity index (χ1v) is 6.26. The second kappa shape index (κ2) is 5.13. The molecule has 1 heterocycles. The number of halogens is 1. The molecule has 0 spiro atoms. The van der Waals surface area contributed by atoms with Crippen LogP contribution in [0.2, 0.25) is 5.02 Å². The molecule has 2 nitrogen and oxygen atoms in total. The molecule has 2 rings (SSSR count). The van der Waals surface area contributed by atoms with Gasteiger partial charge in [0, 0.05) is 18.1 Å². The molecular weight excluding hydrogens is 232 g/mol. The Morgan fingerprint density at radius 3 is 2.65 bits per heavy atom. The highest BCUT2D eigenvalue weighted by molar-refractivity contribution is 6.56. The van der Waals surface area contributed by atoms with Crippen LogP contribution in [-0.2, 0) is 0 Å². The van der Waals surface area contributed by atoms with E-state index in [-0.39, 0.29) is 5.81 Å². The standard InChI is InChI=1S/C13H15BClNO/c1-9-2-3-11(15)8-12(9)10-4-6-16(7-5-10)13(14)17/h2-3,8,10H,4-7H2,1H3. The number of hydrogen-bond acceptors (Lipinski definition) is 1. The molecule has 1 aromatic rings. The van der Waals surface area contributed by atoms with E-state index in [1.165, 1.54) is 11.1 Å². The largest absolute Gasteiger partial charge is 0.353 e. The van der Waals surface area contributed by atoms with Crippen molar-refractivity contribution in [1.29, 1.82) is 0 Å². The maximum absolute atomic E-state index is 11.0. The van der Waals surface area contributed by atoms with Crippen molar-refractivity contribution in [2.75, 3.05) is 13.1 Å². The third-order valence-electron chi connectivity index (χ3n) is 3.49. The zero-order valence-corrected chi connectivity index (χ0v) is 10.7. The van der Waals surface area contributed by atoms with Crippen molar-refractivity contribution < 1.29 is 4.79 Å². The van der Waals surface area contributed by atoms with E-state index in [0.29, 0.717) is 5.92 Å². The Morgan fingerprint density at radius 2 is 2.06 bits per heavy atom. The van der Waals surface area contributed by atoms with Crippen LogP contribution in [-0.4, -0.2) is 31.6 Å². The Hall–Kier alpha value is -0.955. The number of likely N-dealkylation sites (tertiary alicyclic amines) is 1. The molecule has 0 N–H and O–H groups in total. The molecule has 4 heteroatoms. The van der Waals surface area contributed by atoms with Crippen molar-refractivity contribution in [3.05, 3.63) is 34.3 Å². The molecule has 0 bridgehead atoms. The smallest absolute Gasteiger partial charge is 0.200 e. The van der Waals surface area contributed by atoms with Crippen molar-refractivity contribution in [2.45, 2.75) is 25.7 Å². The minimum Gasteiger partial charge on any atom is -0.353 e. The molecule has 17 heavy (non-hydrogen) atoms. The first kappa shape index (κ1) is 12.5. The summed E-state index contributed by atoms with van der Waals surface area (Å²) in [6.07, 6.45) is 1.92. The number of rotatable bonds is 1. The Morgan fingerprint density at radius 1 is 1.41 bits per heavy atom. The molecule has 0 aliphatic carbocycles. The highest BCUT2D eigenvalue weighted by atomic mass is 35.5. The van der Waals surface area contributed by atoms with Crippen molar-refractivity contribution in [2.24, 2.45) is 0 Å². The lowest BCUT2D eigenvalue weighted by Gasteiger charge is -2.32. The number of piperidine rings is 1. The molecule has 0 unspecified atom stereocenters. The number of benzene rings is 1. The number of carbonyl (C=O) groups excluding carboxylic acids is 1. The molecule has 1 aromatic carbocycles. The van der Waals surface area contributed by atoms with Gasteiger partial charge >= 0.3 is 0 Å². The van der Waals surface area contributed by atoms with E-state index in [2.05, 4.69) is 13.0 Å². The molecule has 1 saturated heterocycles. The Balaban J connectivity index is 2.10. The summed E-state index contributed by atoms with van der Waals surface area (Å²) in [6, 6.07) is 6.01. The number of hydrogen-bond donors (Lipinski definition) is 0. The quantitative estimate of drug-likeness (QED) is 0.698. The summed E-state index contributed by atoms with van der Waals surface area (Å²) < 4.78 is 0. The van der Waals surface area contributed by atoms with E-state index >= 15 is 0 Å². The molecule has 0 aromatic heterocycles. The molecule has 1 aliphatic rings. The fourth-order valence-corrected chi connectivity index (χ4v) is 2.64. The van der Waals surface area contributed by atoms with Gasteiger partial charge in [0.1, 0.15) is 0 Å². The fraction of sp³-hybridized carbons (Fsp3) is 0.462. The summed E-state index contributed by atoms with van der Waals surface area (Å²) in [6.45, 7) is 3.59. The molecule has 88 valence electrons. The maximum atomic E-state index is 11.0. The van der Waals surface area contributed by atoms with Gasteiger partial charge in [-0.3, -0.25) is 4.79 Å². The number of amides is 1. The molecule has 1 amide bonds. The fourth-order valence-electron chi connectivity index (χ4n) is 2.46. The molecule has 1 aliphatic heterocycles. The van der Waals surface area contributed by atoms with Gasteiger partial charge in [-0.25, -0.2) is 0 Å². The predicted octanol–water partition coefficient (Wildman–Crippen LogP) is 3.12. The molecular formula is C13H15BClNO. The van der Waals surface area contributed by atoms with Crippen molar-refractivity contribution in [3.8, 4) is 0 Å². The van der Waals surface area contributed by atoms with Crippen LogP contribution in [0.1, 0.15) is 29.9 Å². The molecule has 0 saturated carbocycles. The van der Waals surface area contributed by atoms with Gasteiger partial charge in [0.2, 0.25) is 7.85 Å². The van der Waals surface area contributed by atoms with Crippen LogP contribution < -0.4 is 0 Å². The van der Waals surface area contributed by atoms with Gasteiger partial charge in [-0.05, 0) is 48.9 Å². The average Bonchev–Trinajstić information content (AvgIpc) is 2.32. The van der Waals surface area contributed by atoms with Crippen molar-refractivity contribution >= 4 is 25.3 Å². The summed E-state index contributed by atoms with van der Waals surface area (Å²) in [5.74, 6) is 0.176. The van der Waals surface area contributed by atoms with Crippen molar-refractivity contribution in [1.82, 2.24) is 4.90 Å². The summed E-state index contributed by atoms with van der Waals surface area (Å²) in [5.41, 5.74) is 2.58. The van der Waals surface area contributed by atoms with Gasteiger partial charge < -0.3 is 4.90 Å². The van der Waals surface area contributed by atoms with E-state index in [4.69, 9.17) is 19.4 Å². The topological polar surface area (TPSA) is 20.3 Å². The number of carbonyl (C=O) groups is 1. The van der Waals surface area contributed by atoms with E-state index < -0.39 is 0 Å². The number of aryl methyl sites for hydroxylation is 1. The minimum absolute atomic E-state index is 0.314.